The molecule has 0 aliphatic carbocycles. The summed E-state index contributed by atoms with van der Waals surface area (Å²) < 4.78 is 28.9. The molecular weight excluding hydrogens is 567 g/mol. The van der Waals surface area contributed by atoms with E-state index >= 15 is 0 Å². The SMILES string of the molecule is Cc1cn(-c2cccc(C(C)(C)c3cccc(-c4[c-]cc(F)nc4F)n3)n2)[c-]n1.[Pt+2]. The van der Waals surface area contributed by atoms with Crippen LogP contribution in [0, 0.1) is 31.2 Å². The van der Waals surface area contributed by atoms with Crippen LogP contribution in [0.4, 0.5) is 8.78 Å². The van der Waals surface area contributed by atoms with E-state index in [1.165, 1.54) is 0 Å². The van der Waals surface area contributed by atoms with E-state index in [0.29, 0.717) is 17.2 Å². The molecule has 0 aliphatic rings. The van der Waals surface area contributed by atoms with Gasteiger partial charge in [0, 0.05) is 23.1 Å². The van der Waals surface area contributed by atoms with E-state index in [-0.39, 0.29) is 26.6 Å². The zero-order chi connectivity index (χ0) is 20.6. The predicted octanol–water partition coefficient (Wildman–Crippen LogP) is 4.23. The number of aromatic nitrogens is 5. The molecule has 0 atom stereocenters. The van der Waals surface area contributed by atoms with Crippen molar-refractivity contribution in [2.45, 2.75) is 26.2 Å². The maximum Gasteiger partial charge on any atom is 2.00 e. The fourth-order valence-corrected chi connectivity index (χ4v) is 3.01. The van der Waals surface area contributed by atoms with E-state index < -0.39 is 17.3 Å². The van der Waals surface area contributed by atoms with E-state index in [1.54, 1.807) is 16.7 Å². The van der Waals surface area contributed by atoms with Gasteiger partial charge in [-0.2, -0.15) is 0 Å². The summed E-state index contributed by atoms with van der Waals surface area (Å²) >= 11 is 0. The number of pyridine rings is 3. The molecule has 30 heavy (non-hydrogen) atoms. The van der Waals surface area contributed by atoms with Crippen LogP contribution in [-0.2, 0) is 26.5 Å². The summed E-state index contributed by atoms with van der Waals surface area (Å²) in [7, 11) is 0. The molecule has 0 fully saturated rings. The molecule has 4 heterocycles. The molecule has 0 N–H and O–H groups in total. The minimum atomic E-state index is -0.946. The topological polar surface area (TPSA) is 56.5 Å². The molecule has 8 heteroatoms. The van der Waals surface area contributed by atoms with E-state index in [0.717, 1.165) is 17.5 Å². The number of aryl methyl sites for hydroxylation is 1. The van der Waals surface area contributed by atoms with E-state index in [9.17, 15) is 8.78 Å². The fourth-order valence-electron chi connectivity index (χ4n) is 3.01. The zero-order valence-electron chi connectivity index (χ0n) is 16.4. The Bertz CT molecular complexity index is 1190. The van der Waals surface area contributed by atoms with Crippen LogP contribution < -0.4 is 0 Å². The molecule has 0 saturated heterocycles. The van der Waals surface area contributed by atoms with E-state index in [2.05, 4.69) is 27.3 Å². The third-order valence-corrected chi connectivity index (χ3v) is 4.66. The minimum Gasteiger partial charge on any atom is -0.418 e. The van der Waals surface area contributed by atoms with Gasteiger partial charge < -0.3 is 14.5 Å². The molecule has 0 spiro atoms. The molecule has 154 valence electrons. The van der Waals surface area contributed by atoms with E-state index in [1.807, 2.05) is 51.2 Å². The summed E-state index contributed by atoms with van der Waals surface area (Å²) in [4.78, 5) is 16.7. The van der Waals surface area contributed by atoms with Gasteiger partial charge in [0.15, 0.2) is 0 Å². The second kappa shape index (κ2) is 8.52. The second-order valence-electron chi connectivity index (χ2n) is 7.16. The van der Waals surface area contributed by atoms with Gasteiger partial charge in [0.1, 0.15) is 11.9 Å². The van der Waals surface area contributed by atoms with Crippen molar-refractivity contribution in [2.75, 3.05) is 0 Å². The van der Waals surface area contributed by atoms with Crippen molar-refractivity contribution < 1.29 is 29.8 Å². The van der Waals surface area contributed by atoms with Crippen molar-refractivity contribution in [3.8, 4) is 17.1 Å². The van der Waals surface area contributed by atoms with Gasteiger partial charge in [-0.1, -0.05) is 54.7 Å². The molecule has 0 unspecified atom stereocenters. The Kier molecular flexibility index (Phi) is 6.22. The van der Waals surface area contributed by atoms with Crippen molar-refractivity contribution in [1.29, 1.82) is 0 Å². The van der Waals surface area contributed by atoms with Crippen LogP contribution in [0.25, 0.3) is 17.1 Å². The Labute approximate surface area is 187 Å². The molecule has 0 amide bonds. The van der Waals surface area contributed by atoms with E-state index in [4.69, 9.17) is 4.98 Å². The van der Waals surface area contributed by atoms with Gasteiger partial charge in [-0.25, -0.2) is 8.78 Å². The van der Waals surface area contributed by atoms with Crippen molar-refractivity contribution in [1.82, 2.24) is 24.5 Å². The maximum atomic E-state index is 14.1. The third-order valence-electron chi connectivity index (χ3n) is 4.66. The zero-order valence-corrected chi connectivity index (χ0v) is 18.7. The Morgan fingerprint density at radius 3 is 2.33 bits per heavy atom. The first kappa shape index (κ1) is 21.9. The van der Waals surface area contributed by atoms with Crippen molar-refractivity contribution >= 4 is 0 Å². The Balaban J connectivity index is 0.00000256. The molecule has 4 aromatic heterocycles. The summed E-state index contributed by atoms with van der Waals surface area (Å²) in [5, 5.41) is 0. The third kappa shape index (κ3) is 4.21. The molecule has 0 aliphatic heterocycles. The van der Waals surface area contributed by atoms with Gasteiger partial charge in [-0.05, 0) is 31.7 Å². The average Bonchev–Trinajstić information content (AvgIpc) is 3.14. The molecule has 0 saturated carbocycles. The van der Waals surface area contributed by atoms with Crippen molar-refractivity contribution in [2.24, 2.45) is 0 Å². The Hall–Kier alpha value is -2.79. The number of nitrogens with zero attached hydrogens (tertiary/aromatic N) is 5. The van der Waals surface area contributed by atoms with Crippen LogP contribution >= 0.6 is 0 Å². The average molecular weight is 584 g/mol. The standard InChI is InChI=1S/C22H17F2N5.Pt/c1-14-12-29(13-25-14)20-9-5-8-18(27-20)22(2,3)17-7-4-6-16(26-17)15-10-11-19(23)28-21(15)24;/h4-9,11-12H,1-3H3;/q-2;+2. The van der Waals surface area contributed by atoms with Gasteiger partial charge in [-0.3, -0.25) is 9.97 Å². The van der Waals surface area contributed by atoms with Gasteiger partial charge in [-0.15, -0.1) is 6.07 Å². The quantitative estimate of drug-likeness (QED) is 0.266. The van der Waals surface area contributed by atoms with Crippen LogP contribution in [0.5, 0.6) is 0 Å². The van der Waals surface area contributed by atoms with Crippen LogP contribution in [0.3, 0.4) is 0 Å². The summed E-state index contributed by atoms with van der Waals surface area (Å²) in [6.07, 6.45) is 4.73. The molecule has 0 radical (unpaired) electrons. The molecule has 4 aromatic rings. The first-order valence-corrected chi connectivity index (χ1v) is 8.98. The van der Waals surface area contributed by atoms with Crippen LogP contribution in [0.1, 0.15) is 30.9 Å². The van der Waals surface area contributed by atoms with Crippen LogP contribution in [-0.4, -0.2) is 24.5 Å². The van der Waals surface area contributed by atoms with Gasteiger partial charge in [0.2, 0.25) is 0 Å². The molecule has 4 rings (SSSR count). The summed E-state index contributed by atoms with van der Waals surface area (Å²) in [5.41, 5.74) is 2.08. The monoisotopic (exact) mass is 584 g/mol. The smallest absolute Gasteiger partial charge is 0.418 e. The van der Waals surface area contributed by atoms with Crippen LogP contribution in [0.15, 0.2) is 48.7 Å². The largest absolute Gasteiger partial charge is 2.00 e. The Morgan fingerprint density at radius 1 is 0.967 bits per heavy atom. The van der Waals surface area contributed by atoms with Gasteiger partial charge in [0.25, 0.3) is 0 Å². The first-order valence-electron chi connectivity index (χ1n) is 8.98. The minimum absolute atomic E-state index is 0. The fraction of sp³-hybridized carbons (Fsp3) is 0.182. The maximum absolute atomic E-state index is 14.1. The number of rotatable bonds is 4. The number of imidazole rings is 1. The Morgan fingerprint density at radius 2 is 1.67 bits per heavy atom. The number of halogens is 2. The first-order chi connectivity index (χ1) is 13.8. The molecule has 0 bridgehead atoms. The van der Waals surface area contributed by atoms with Crippen molar-refractivity contribution in [3.63, 3.8) is 0 Å². The predicted molar refractivity (Wildman–Crippen MR) is 103 cm³/mol. The molecule has 5 nitrogen and oxygen atoms in total. The number of hydrogen-bond acceptors (Lipinski definition) is 4. The normalized spacial score (nSPS) is 11.2. The molecular formula is C22H17F2N5Pt. The second-order valence-corrected chi connectivity index (χ2v) is 7.16. The van der Waals surface area contributed by atoms with Crippen molar-refractivity contribution in [3.05, 3.63) is 90.0 Å². The van der Waals surface area contributed by atoms with Gasteiger partial charge in [0.05, 0.1) is 5.82 Å². The summed E-state index contributed by atoms with van der Waals surface area (Å²) in [5.74, 6) is -1.18. The van der Waals surface area contributed by atoms with Gasteiger partial charge >= 0.3 is 21.1 Å². The summed E-state index contributed by atoms with van der Waals surface area (Å²) in [6, 6.07) is 14.5. The van der Waals surface area contributed by atoms with Crippen LogP contribution in [0.2, 0.25) is 0 Å². The summed E-state index contributed by atoms with van der Waals surface area (Å²) in [6.45, 7) is 5.85. The molecule has 0 aromatic carbocycles. The number of hydrogen-bond donors (Lipinski definition) is 0.